The number of pyridine rings is 1. The molecule has 0 unspecified atom stereocenters. The van der Waals surface area contributed by atoms with Crippen LogP contribution in [0.2, 0.25) is 0 Å². The minimum absolute atomic E-state index is 0.0586. The average molecular weight is 353 g/mol. The molecule has 5 nitrogen and oxygen atoms in total. The van der Waals surface area contributed by atoms with Crippen LogP contribution in [0.25, 0.3) is 5.65 Å². The first-order valence-electron chi connectivity index (χ1n) is 9.94. The van der Waals surface area contributed by atoms with Crippen LogP contribution < -0.4 is 10.1 Å². The summed E-state index contributed by atoms with van der Waals surface area (Å²) in [6, 6.07) is 3.87. The van der Waals surface area contributed by atoms with E-state index in [1.165, 1.54) is 19.3 Å². The highest BCUT2D eigenvalue weighted by Gasteiger charge is 2.54. The molecule has 6 rings (SSSR count). The summed E-state index contributed by atoms with van der Waals surface area (Å²) in [5, 5.41) is 3.24. The maximum atomic E-state index is 13.0. The Morgan fingerprint density at radius 3 is 2.62 bits per heavy atom. The van der Waals surface area contributed by atoms with Crippen molar-refractivity contribution in [3.63, 3.8) is 0 Å². The predicted octanol–water partition coefficient (Wildman–Crippen LogP) is 3.22. The lowest BCUT2D eigenvalue weighted by atomic mass is 9.49. The number of aromatic nitrogens is 2. The third-order valence-electron chi connectivity index (χ3n) is 6.90. The summed E-state index contributed by atoms with van der Waals surface area (Å²) in [6.07, 6.45) is 12.2. The standard InChI is InChI=1S/C21H27N3O2/c1-26-18-3-2-6-24-13-17(23-19(18)24)4-5-22-20(25)21-10-14-7-15(11-21)9-16(8-14)12-21/h2-3,6,13-16H,4-5,7-12H2,1H3,(H,22,25). The average Bonchev–Trinajstić information content (AvgIpc) is 3.03. The number of methoxy groups -OCH3 is 1. The molecule has 0 aliphatic heterocycles. The van der Waals surface area contributed by atoms with E-state index in [0.29, 0.717) is 12.5 Å². The first-order chi connectivity index (χ1) is 12.6. The zero-order chi connectivity index (χ0) is 17.7. The van der Waals surface area contributed by atoms with Crippen molar-refractivity contribution in [3.05, 3.63) is 30.2 Å². The Morgan fingerprint density at radius 2 is 1.96 bits per heavy atom. The number of hydrogen-bond donors (Lipinski definition) is 1. The van der Waals surface area contributed by atoms with Gasteiger partial charge in [0.05, 0.1) is 12.8 Å². The summed E-state index contributed by atoms with van der Waals surface area (Å²) in [6.45, 7) is 0.660. The molecule has 0 saturated heterocycles. The minimum atomic E-state index is -0.0586. The van der Waals surface area contributed by atoms with Crippen LogP contribution >= 0.6 is 0 Å². The van der Waals surface area contributed by atoms with Crippen molar-refractivity contribution in [2.75, 3.05) is 13.7 Å². The summed E-state index contributed by atoms with van der Waals surface area (Å²) in [5.74, 6) is 3.49. The van der Waals surface area contributed by atoms with Crippen molar-refractivity contribution < 1.29 is 9.53 Å². The van der Waals surface area contributed by atoms with Crippen molar-refractivity contribution in [1.82, 2.24) is 14.7 Å². The lowest BCUT2D eigenvalue weighted by Gasteiger charge is -2.55. The lowest BCUT2D eigenvalue weighted by Crippen LogP contribution is -2.53. The number of carbonyl (C=O) groups excluding carboxylic acids is 1. The van der Waals surface area contributed by atoms with Gasteiger partial charge in [-0.1, -0.05) is 0 Å². The third kappa shape index (κ3) is 2.60. The summed E-state index contributed by atoms with van der Waals surface area (Å²) >= 11 is 0. The molecule has 138 valence electrons. The van der Waals surface area contributed by atoms with E-state index >= 15 is 0 Å². The van der Waals surface area contributed by atoms with Gasteiger partial charge in [0.1, 0.15) is 0 Å². The molecule has 2 heterocycles. The number of nitrogens with one attached hydrogen (secondary N) is 1. The summed E-state index contributed by atoms with van der Waals surface area (Å²) in [5.41, 5.74) is 1.76. The molecule has 2 aromatic rings. The molecule has 4 aliphatic rings. The van der Waals surface area contributed by atoms with Gasteiger partial charge in [0.15, 0.2) is 11.4 Å². The fraction of sp³-hybridized carbons (Fsp3) is 0.619. The van der Waals surface area contributed by atoms with Crippen LogP contribution in [0.1, 0.15) is 44.2 Å². The Hall–Kier alpha value is -2.04. The number of hydrogen-bond acceptors (Lipinski definition) is 3. The Labute approximate surface area is 154 Å². The molecule has 0 aromatic carbocycles. The maximum Gasteiger partial charge on any atom is 0.226 e. The van der Waals surface area contributed by atoms with Crippen LogP contribution in [0.5, 0.6) is 5.75 Å². The van der Waals surface area contributed by atoms with E-state index in [2.05, 4.69) is 10.3 Å². The van der Waals surface area contributed by atoms with Crippen LogP contribution in [-0.2, 0) is 11.2 Å². The summed E-state index contributed by atoms with van der Waals surface area (Å²) in [4.78, 5) is 17.7. The van der Waals surface area contributed by atoms with Gasteiger partial charge in [0, 0.05) is 30.8 Å². The molecule has 2 aromatic heterocycles. The van der Waals surface area contributed by atoms with E-state index in [9.17, 15) is 4.79 Å². The zero-order valence-corrected chi connectivity index (χ0v) is 15.4. The van der Waals surface area contributed by atoms with Crippen molar-refractivity contribution in [3.8, 4) is 5.75 Å². The van der Waals surface area contributed by atoms with Crippen LogP contribution in [0.4, 0.5) is 0 Å². The molecule has 4 saturated carbocycles. The lowest BCUT2D eigenvalue weighted by molar-refractivity contribution is -0.146. The highest BCUT2D eigenvalue weighted by Crippen LogP contribution is 2.60. The monoisotopic (exact) mass is 353 g/mol. The largest absolute Gasteiger partial charge is 0.493 e. The number of rotatable bonds is 5. The van der Waals surface area contributed by atoms with E-state index in [1.54, 1.807) is 7.11 Å². The molecule has 4 fully saturated rings. The molecule has 0 radical (unpaired) electrons. The molecule has 4 aliphatic carbocycles. The smallest absolute Gasteiger partial charge is 0.226 e. The molecule has 1 amide bonds. The molecular weight excluding hydrogens is 326 g/mol. The number of imidazole rings is 1. The van der Waals surface area contributed by atoms with E-state index < -0.39 is 0 Å². The van der Waals surface area contributed by atoms with E-state index in [1.807, 2.05) is 28.9 Å². The van der Waals surface area contributed by atoms with Gasteiger partial charge in [0.2, 0.25) is 5.91 Å². The Kier molecular flexibility index (Phi) is 3.73. The maximum absolute atomic E-state index is 13.0. The first kappa shape index (κ1) is 16.2. The van der Waals surface area contributed by atoms with Gasteiger partial charge in [-0.25, -0.2) is 4.98 Å². The predicted molar refractivity (Wildman–Crippen MR) is 99.1 cm³/mol. The Bertz CT molecular complexity index is 806. The van der Waals surface area contributed by atoms with Crippen molar-refractivity contribution in [2.45, 2.75) is 44.9 Å². The van der Waals surface area contributed by atoms with Gasteiger partial charge in [0.25, 0.3) is 0 Å². The van der Waals surface area contributed by atoms with Crippen molar-refractivity contribution >= 4 is 11.6 Å². The molecule has 0 spiro atoms. The van der Waals surface area contributed by atoms with E-state index in [0.717, 1.165) is 60.5 Å². The number of fused-ring (bicyclic) bond motifs is 1. The third-order valence-corrected chi connectivity index (χ3v) is 6.90. The SMILES string of the molecule is COc1cccn2cc(CCNC(=O)C34CC5CC(CC(C5)C3)C4)nc12. The second-order valence-corrected chi connectivity index (χ2v) is 8.74. The molecule has 4 bridgehead atoms. The highest BCUT2D eigenvalue weighted by atomic mass is 16.5. The van der Waals surface area contributed by atoms with Crippen molar-refractivity contribution in [1.29, 1.82) is 0 Å². The minimum Gasteiger partial charge on any atom is -0.493 e. The van der Waals surface area contributed by atoms with Gasteiger partial charge < -0.3 is 14.5 Å². The van der Waals surface area contributed by atoms with Gasteiger partial charge in [-0.15, -0.1) is 0 Å². The second-order valence-electron chi connectivity index (χ2n) is 8.74. The molecule has 0 atom stereocenters. The summed E-state index contributed by atoms with van der Waals surface area (Å²) in [7, 11) is 1.66. The van der Waals surface area contributed by atoms with Crippen molar-refractivity contribution in [2.24, 2.45) is 23.2 Å². The number of nitrogens with zero attached hydrogens (tertiary/aromatic N) is 2. The number of amides is 1. The number of ether oxygens (including phenoxy) is 1. The molecule has 1 N–H and O–H groups in total. The topological polar surface area (TPSA) is 55.6 Å². The normalized spacial score (nSPS) is 32.1. The van der Waals surface area contributed by atoms with E-state index in [4.69, 9.17) is 4.74 Å². The highest BCUT2D eigenvalue weighted by molar-refractivity contribution is 5.83. The van der Waals surface area contributed by atoms with Crippen LogP contribution in [0.15, 0.2) is 24.5 Å². The Morgan fingerprint density at radius 1 is 1.27 bits per heavy atom. The fourth-order valence-corrected chi connectivity index (χ4v) is 6.20. The first-order valence-corrected chi connectivity index (χ1v) is 9.94. The number of carbonyl (C=O) groups is 1. The van der Waals surface area contributed by atoms with Gasteiger partial charge in [-0.2, -0.15) is 0 Å². The van der Waals surface area contributed by atoms with Gasteiger partial charge >= 0.3 is 0 Å². The fourth-order valence-electron chi connectivity index (χ4n) is 6.20. The van der Waals surface area contributed by atoms with Gasteiger partial charge in [-0.3, -0.25) is 4.79 Å². The summed E-state index contributed by atoms with van der Waals surface area (Å²) < 4.78 is 7.35. The van der Waals surface area contributed by atoms with Crippen LogP contribution in [0, 0.1) is 23.2 Å². The second kappa shape index (κ2) is 6.00. The Balaban J connectivity index is 1.24. The quantitative estimate of drug-likeness (QED) is 0.898. The van der Waals surface area contributed by atoms with E-state index in [-0.39, 0.29) is 5.41 Å². The van der Waals surface area contributed by atoms with Gasteiger partial charge in [-0.05, 0) is 68.4 Å². The van der Waals surface area contributed by atoms with Crippen LogP contribution in [-0.4, -0.2) is 28.9 Å². The molecule has 5 heteroatoms. The molecule has 26 heavy (non-hydrogen) atoms. The van der Waals surface area contributed by atoms with Crippen LogP contribution in [0.3, 0.4) is 0 Å². The molecular formula is C21H27N3O2. The zero-order valence-electron chi connectivity index (χ0n) is 15.4.